The van der Waals surface area contributed by atoms with E-state index in [9.17, 15) is 13.2 Å². The quantitative estimate of drug-likeness (QED) is 0.801. The van der Waals surface area contributed by atoms with Crippen LogP contribution in [0.2, 0.25) is 0 Å². The molecule has 1 saturated heterocycles. The molecule has 0 amide bonds. The van der Waals surface area contributed by atoms with E-state index in [4.69, 9.17) is 0 Å². The molecule has 0 aromatic heterocycles. The lowest BCUT2D eigenvalue weighted by molar-refractivity contribution is 0.0600. The fourth-order valence-electron chi connectivity index (χ4n) is 2.71. The van der Waals surface area contributed by atoms with Crippen molar-refractivity contribution in [2.24, 2.45) is 0 Å². The van der Waals surface area contributed by atoms with Gasteiger partial charge in [-0.1, -0.05) is 13.3 Å². The van der Waals surface area contributed by atoms with Gasteiger partial charge in [0.05, 0.1) is 17.6 Å². The maximum Gasteiger partial charge on any atom is 0.337 e. The van der Waals surface area contributed by atoms with Crippen molar-refractivity contribution in [3.05, 3.63) is 29.8 Å². The van der Waals surface area contributed by atoms with Crippen LogP contribution in [0.4, 0.5) is 0 Å². The molecule has 1 aromatic carbocycles. The third-order valence-electron chi connectivity index (χ3n) is 3.93. The molecule has 6 heteroatoms. The molecule has 0 N–H and O–H groups in total. The number of rotatable bonds is 4. The van der Waals surface area contributed by atoms with Crippen LogP contribution >= 0.6 is 0 Å². The molecule has 1 heterocycles. The second-order valence-corrected chi connectivity index (χ2v) is 7.08. The van der Waals surface area contributed by atoms with Crippen LogP contribution < -0.4 is 0 Å². The van der Waals surface area contributed by atoms with Crippen LogP contribution in [0.15, 0.2) is 29.2 Å². The van der Waals surface area contributed by atoms with Crippen molar-refractivity contribution in [3.8, 4) is 0 Å². The number of methoxy groups -OCH3 is 1. The molecule has 0 bridgehead atoms. The maximum atomic E-state index is 12.7. The summed E-state index contributed by atoms with van der Waals surface area (Å²) in [6.45, 7) is 2.58. The van der Waals surface area contributed by atoms with E-state index < -0.39 is 16.0 Å². The molecule has 2 rings (SSSR count). The van der Waals surface area contributed by atoms with Crippen LogP contribution in [-0.2, 0) is 14.8 Å². The fourth-order valence-corrected chi connectivity index (χ4v) is 4.48. The van der Waals surface area contributed by atoms with E-state index in [1.165, 1.54) is 31.4 Å². The lowest BCUT2D eigenvalue weighted by atomic mass is 10.0. The van der Waals surface area contributed by atoms with Crippen LogP contribution in [0.5, 0.6) is 0 Å². The zero-order valence-electron chi connectivity index (χ0n) is 12.4. The Balaban J connectivity index is 2.28. The molecule has 1 fully saturated rings. The first kappa shape index (κ1) is 16.0. The standard InChI is InChI=1S/C15H21NO4S/c1-3-13-6-4-5-11-16(13)21(18,19)14-9-7-12(8-10-14)15(17)20-2/h7-10,13H,3-6,11H2,1-2H3. The summed E-state index contributed by atoms with van der Waals surface area (Å²) < 4.78 is 31.6. The van der Waals surface area contributed by atoms with Gasteiger partial charge in [-0.25, -0.2) is 13.2 Å². The number of sulfonamides is 1. The summed E-state index contributed by atoms with van der Waals surface area (Å²) in [4.78, 5) is 11.6. The Morgan fingerprint density at radius 2 is 1.95 bits per heavy atom. The third kappa shape index (κ3) is 3.27. The number of hydrogen-bond donors (Lipinski definition) is 0. The van der Waals surface area contributed by atoms with Gasteiger partial charge >= 0.3 is 5.97 Å². The van der Waals surface area contributed by atoms with Gasteiger partial charge < -0.3 is 4.74 Å². The van der Waals surface area contributed by atoms with E-state index in [0.29, 0.717) is 12.1 Å². The number of carbonyl (C=O) groups excluding carboxylic acids is 1. The summed E-state index contributed by atoms with van der Waals surface area (Å²) in [7, 11) is -2.19. The SMILES string of the molecule is CCC1CCCCN1S(=O)(=O)c1ccc(C(=O)OC)cc1. The number of esters is 1. The van der Waals surface area contributed by atoms with E-state index in [0.717, 1.165) is 25.7 Å². The largest absolute Gasteiger partial charge is 0.465 e. The topological polar surface area (TPSA) is 63.7 Å². The van der Waals surface area contributed by atoms with Gasteiger partial charge in [-0.2, -0.15) is 4.31 Å². The Labute approximate surface area is 126 Å². The van der Waals surface area contributed by atoms with E-state index >= 15 is 0 Å². The normalized spacial score (nSPS) is 20.2. The highest BCUT2D eigenvalue weighted by atomic mass is 32.2. The Kier molecular flexibility index (Phi) is 5.00. The van der Waals surface area contributed by atoms with Gasteiger partial charge in [-0.05, 0) is 43.5 Å². The van der Waals surface area contributed by atoms with Crippen molar-refractivity contribution in [3.63, 3.8) is 0 Å². The average molecular weight is 311 g/mol. The highest BCUT2D eigenvalue weighted by molar-refractivity contribution is 7.89. The van der Waals surface area contributed by atoms with Crippen molar-refractivity contribution < 1.29 is 17.9 Å². The second kappa shape index (κ2) is 6.58. The minimum atomic E-state index is -3.49. The summed E-state index contributed by atoms with van der Waals surface area (Å²) in [6, 6.07) is 6.00. The smallest absolute Gasteiger partial charge is 0.337 e. The van der Waals surface area contributed by atoms with Crippen LogP contribution in [0.1, 0.15) is 43.0 Å². The first-order valence-electron chi connectivity index (χ1n) is 7.21. The molecule has 1 aromatic rings. The Hall–Kier alpha value is -1.40. The van der Waals surface area contributed by atoms with Gasteiger partial charge in [-0.3, -0.25) is 0 Å². The van der Waals surface area contributed by atoms with Crippen molar-refractivity contribution >= 4 is 16.0 Å². The zero-order chi connectivity index (χ0) is 15.5. The van der Waals surface area contributed by atoms with Crippen LogP contribution in [-0.4, -0.2) is 38.4 Å². The van der Waals surface area contributed by atoms with E-state index in [-0.39, 0.29) is 10.9 Å². The highest BCUT2D eigenvalue weighted by Crippen LogP contribution is 2.27. The third-order valence-corrected chi connectivity index (χ3v) is 5.89. The predicted octanol–water partition coefficient (Wildman–Crippen LogP) is 2.43. The molecule has 0 spiro atoms. The minimum Gasteiger partial charge on any atom is -0.465 e. The molecule has 1 unspecified atom stereocenters. The molecule has 5 nitrogen and oxygen atoms in total. The molecule has 1 aliphatic heterocycles. The second-order valence-electron chi connectivity index (χ2n) is 5.19. The van der Waals surface area contributed by atoms with E-state index in [2.05, 4.69) is 4.74 Å². The zero-order valence-corrected chi connectivity index (χ0v) is 13.2. The summed E-state index contributed by atoms with van der Waals surface area (Å²) >= 11 is 0. The Bertz CT molecular complexity index is 595. The van der Waals surface area contributed by atoms with E-state index in [1.807, 2.05) is 6.92 Å². The van der Waals surface area contributed by atoms with Crippen LogP contribution in [0.3, 0.4) is 0 Å². The highest BCUT2D eigenvalue weighted by Gasteiger charge is 2.32. The van der Waals surface area contributed by atoms with Gasteiger partial charge in [-0.15, -0.1) is 0 Å². The minimum absolute atomic E-state index is 0.0732. The van der Waals surface area contributed by atoms with Crippen molar-refractivity contribution in [2.45, 2.75) is 43.5 Å². The number of carbonyl (C=O) groups is 1. The molecule has 0 saturated carbocycles. The van der Waals surface area contributed by atoms with Crippen LogP contribution in [0.25, 0.3) is 0 Å². The number of nitrogens with zero attached hydrogens (tertiary/aromatic N) is 1. The molecule has 1 aliphatic rings. The average Bonchev–Trinajstić information content (AvgIpc) is 2.54. The maximum absolute atomic E-state index is 12.7. The van der Waals surface area contributed by atoms with Gasteiger partial charge in [0.25, 0.3) is 0 Å². The Morgan fingerprint density at radius 3 is 2.52 bits per heavy atom. The molecular formula is C15H21NO4S. The molecule has 1 atom stereocenters. The number of piperidine rings is 1. The summed E-state index contributed by atoms with van der Waals surface area (Å²) in [6.07, 6.45) is 3.71. The summed E-state index contributed by atoms with van der Waals surface area (Å²) in [5.41, 5.74) is 0.349. The summed E-state index contributed by atoms with van der Waals surface area (Å²) in [5.74, 6) is -0.469. The first-order chi connectivity index (χ1) is 10.0. The van der Waals surface area contributed by atoms with Gasteiger partial charge in [0.1, 0.15) is 0 Å². The molecule has 116 valence electrons. The monoisotopic (exact) mass is 311 g/mol. The lowest BCUT2D eigenvalue weighted by Gasteiger charge is -2.34. The summed E-state index contributed by atoms with van der Waals surface area (Å²) in [5, 5.41) is 0. The van der Waals surface area contributed by atoms with Gasteiger partial charge in [0.15, 0.2) is 0 Å². The molecule has 21 heavy (non-hydrogen) atoms. The van der Waals surface area contributed by atoms with Crippen molar-refractivity contribution in [1.82, 2.24) is 4.31 Å². The first-order valence-corrected chi connectivity index (χ1v) is 8.65. The van der Waals surface area contributed by atoms with Gasteiger partial charge in [0, 0.05) is 12.6 Å². The fraction of sp³-hybridized carbons (Fsp3) is 0.533. The van der Waals surface area contributed by atoms with Gasteiger partial charge in [0.2, 0.25) is 10.0 Å². The van der Waals surface area contributed by atoms with Crippen molar-refractivity contribution in [2.75, 3.05) is 13.7 Å². The van der Waals surface area contributed by atoms with E-state index in [1.54, 1.807) is 4.31 Å². The number of benzene rings is 1. The van der Waals surface area contributed by atoms with Crippen molar-refractivity contribution in [1.29, 1.82) is 0 Å². The molecule has 0 radical (unpaired) electrons. The molecule has 0 aliphatic carbocycles. The number of ether oxygens (including phenoxy) is 1. The van der Waals surface area contributed by atoms with Crippen LogP contribution in [0, 0.1) is 0 Å². The Morgan fingerprint density at radius 1 is 1.29 bits per heavy atom. The molecular weight excluding hydrogens is 290 g/mol. The predicted molar refractivity (Wildman–Crippen MR) is 79.6 cm³/mol. The number of hydrogen-bond acceptors (Lipinski definition) is 4. The lowest BCUT2D eigenvalue weighted by Crippen LogP contribution is -2.43.